The Morgan fingerprint density at radius 1 is 1.00 bits per heavy atom. The lowest BCUT2D eigenvalue weighted by molar-refractivity contribution is 0.173. The van der Waals surface area contributed by atoms with Crippen molar-refractivity contribution in [3.8, 4) is 11.5 Å². The lowest BCUT2D eigenvalue weighted by Crippen LogP contribution is -2.47. The van der Waals surface area contributed by atoms with Crippen LogP contribution in [0.1, 0.15) is 11.3 Å². The highest BCUT2D eigenvalue weighted by Crippen LogP contribution is 2.36. The maximum atomic E-state index is 10.8. The van der Waals surface area contributed by atoms with E-state index in [0.717, 1.165) is 17.1 Å². The van der Waals surface area contributed by atoms with Crippen LogP contribution in [0.4, 0.5) is 0 Å². The Balaban J connectivity index is 1.94. The summed E-state index contributed by atoms with van der Waals surface area (Å²) in [5.74, 6) is 1.47. The Morgan fingerprint density at radius 3 is 2.45 bits per heavy atom. The summed E-state index contributed by atoms with van der Waals surface area (Å²) in [7, 11) is -2.00. The summed E-state index contributed by atoms with van der Waals surface area (Å²) in [5.41, 5.74) is 0.425. The van der Waals surface area contributed by atoms with E-state index in [1.54, 1.807) is 0 Å². The Kier molecular flexibility index (Phi) is 3.28. The average molecular weight is 286 g/mol. The molecule has 0 amide bonds. The molecule has 104 valence electrons. The second-order valence-electron chi connectivity index (χ2n) is 5.60. The van der Waals surface area contributed by atoms with Gasteiger partial charge in [0, 0.05) is 0 Å². The lowest BCUT2D eigenvalue weighted by atomic mass is 10.2. The van der Waals surface area contributed by atoms with Crippen molar-refractivity contribution in [2.45, 2.75) is 18.8 Å². The monoisotopic (exact) mass is 286 g/mol. The molecular formula is C16H18O3Si. The van der Waals surface area contributed by atoms with Crippen molar-refractivity contribution >= 4 is 13.3 Å². The number of ether oxygens (including phenoxy) is 2. The molecule has 0 aliphatic carbocycles. The van der Waals surface area contributed by atoms with Crippen LogP contribution in [0, 0.1) is 0 Å². The van der Waals surface area contributed by atoms with Crippen molar-refractivity contribution in [3.05, 3.63) is 54.1 Å². The minimum absolute atomic E-state index is 0.258. The summed E-state index contributed by atoms with van der Waals surface area (Å²) in [5, 5.41) is 12.0. The van der Waals surface area contributed by atoms with Gasteiger partial charge in [-0.05, 0) is 17.7 Å². The smallest absolute Gasteiger partial charge is 0.231 e. The first-order chi connectivity index (χ1) is 9.59. The maximum absolute atomic E-state index is 10.8. The van der Waals surface area contributed by atoms with Gasteiger partial charge in [-0.25, -0.2) is 0 Å². The van der Waals surface area contributed by atoms with Gasteiger partial charge in [0.2, 0.25) is 6.79 Å². The van der Waals surface area contributed by atoms with Crippen LogP contribution < -0.4 is 14.7 Å². The number of fused-ring (bicyclic) bond motifs is 1. The van der Waals surface area contributed by atoms with E-state index in [-0.39, 0.29) is 6.79 Å². The van der Waals surface area contributed by atoms with E-state index in [2.05, 4.69) is 25.2 Å². The van der Waals surface area contributed by atoms with Crippen LogP contribution in [-0.2, 0) is 0 Å². The van der Waals surface area contributed by atoms with Crippen LogP contribution in [-0.4, -0.2) is 20.0 Å². The molecule has 4 heteroatoms. The second-order valence-corrected chi connectivity index (χ2v) is 10.2. The second kappa shape index (κ2) is 4.96. The van der Waals surface area contributed by atoms with Crippen LogP contribution in [0.3, 0.4) is 0 Å². The van der Waals surface area contributed by atoms with E-state index in [0.29, 0.717) is 0 Å². The quantitative estimate of drug-likeness (QED) is 0.882. The fourth-order valence-electron chi connectivity index (χ4n) is 2.53. The molecule has 0 spiro atoms. The molecule has 20 heavy (non-hydrogen) atoms. The Labute approximate surface area is 119 Å². The molecule has 1 unspecified atom stereocenters. The van der Waals surface area contributed by atoms with Gasteiger partial charge in [-0.3, -0.25) is 0 Å². The largest absolute Gasteiger partial charge is 0.454 e. The molecule has 3 rings (SSSR count). The summed E-state index contributed by atoms with van der Waals surface area (Å²) in [6.07, 6.45) is 0. The maximum Gasteiger partial charge on any atom is 0.231 e. The minimum Gasteiger partial charge on any atom is -0.454 e. The van der Waals surface area contributed by atoms with Gasteiger partial charge in [-0.1, -0.05) is 54.7 Å². The zero-order chi connectivity index (χ0) is 14.2. The molecule has 0 radical (unpaired) electrons. The molecule has 3 nitrogen and oxygen atoms in total. The molecule has 1 aliphatic heterocycles. The summed E-state index contributed by atoms with van der Waals surface area (Å²) in [4.78, 5) is 0. The number of rotatable bonds is 3. The normalized spacial score (nSPS) is 15.2. The third-order valence-corrected chi connectivity index (χ3v) is 7.44. The van der Waals surface area contributed by atoms with Gasteiger partial charge in [-0.2, -0.15) is 0 Å². The summed E-state index contributed by atoms with van der Waals surface area (Å²) in [6.45, 7) is 4.61. The van der Waals surface area contributed by atoms with Crippen LogP contribution in [0.2, 0.25) is 13.1 Å². The molecule has 0 saturated heterocycles. The molecule has 0 saturated carbocycles. The molecule has 2 aromatic rings. The van der Waals surface area contributed by atoms with Crippen molar-refractivity contribution in [2.75, 3.05) is 6.79 Å². The van der Waals surface area contributed by atoms with E-state index in [4.69, 9.17) is 9.47 Å². The molecule has 1 heterocycles. The molecule has 0 aromatic heterocycles. The standard InChI is InChI=1S/C16H18O3Si/c1-20(2,13-6-4-3-5-7-13)16(17)12-8-9-14-15(10-12)19-11-18-14/h3-10,16-17H,11H2,1-2H3. The van der Waals surface area contributed by atoms with E-state index in [9.17, 15) is 5.11 Å². The SMILES string of the molecule is C[Si](C)(c1ccccc1)C(O)c1ccc2c(c1)OCO2. The average Bonchev–Trinajstić information content (AvgIpc) is 2.94. The van der Waals surface area contributed by atoms with Gasteiger partial charge in [0.1, 0.15) is 8.07 Å². The third-order valence-electron chi connectivity index (χ3n) is 3.91. The first kappa shape index (κ1) is 13.2. The van der Waals surface area contributed by atoms with Gasteiger partial charge in [0.15, 0.2) is 11.5 Å². The topological polar surface area (TPSA) is 38.7 Å². The fourth-order valence-corrected chi connectivity index (χ4v) is 4.91. The van der Waals surface area contributed by atoms with Gasteiger partial charge in [-0.15, -0.1) is 0 Å². The minimum atomic E-state index is -2.00. The van der Waals surface area contributed by atoms with Gasteiger partial charge < -0.3 is 14.6 Å². The first-order valence-corrected chi connectivity index (χ1v) is 9.80. The van der Waals surface area contributed by atoms with Crippen LogP contribution in [0.15, 0.2) is 48.5 Å². The van der Waals surface area contributed by atoms with E-state index in [1.807, 2.05) is 36.4 Å². The molecule has 0 fully saturated rings. The Morgan fingerprint density at radius 2 is 1.70 bits per heavy atom. The zero-order valence-electron chi connectivity index (χ0n) is 11.7. The first-order valence-electron chi connectivity index (χ1n) is 6.72. The Bertz CT molecular complexity index is 610. The molecule has 0 bridgehead atoms. The van der Waals surface area contributed by atoms with E-state index in [1.165, 1.54) is 5.19 Å². The summed E-state index contributed by atoms with van der Waals surface area (Å²) < 4.78 is 10.7. The fraction of sp³-hybridized carbons (Fsp3) is 0.250. The highest BCUT2D eigenvalue weighted by atomic mass is 28.3. The summed E-state index contributed by atoms with van der Waals surface area (Å²) >= 11 is 0. The number of aliphatic hydroxyl groups is 1. The van der Waals surface area contributed by atoms with E-state index < -0.39 is 13.8 Å². The van der Waals surface area contributed by atoms with Gasteiger partial charge in [0.25, 0.3) is 0 Å². The summed E-state index contributed by atoms with van der Waals surface area (Å²) in [6, 6.07) is 15.9. The number of hydrogen-bond acceptors (Lipinski definition) is 3. The molecule has 1 N–H and O–H groups in total. The third kappa shape index (κ3) is 2.21. The van der Waals surface area contributed by atoms with Crippen molar-refractivity contribution in [2.24, 2.45) is 0 Å². The molecule has 1 atom stereocenters. The Hall–Kier alpha value is -1.78. The van der Waals surface area contributed by atoms with Crippen molar-refractivity contribution < 1.29 is 14.6 Å². The number of hydrogen-bond donors (Lipinski definition) is 1. The van der Waals surface area contributed by atoms with Crippen LogP contribution in [0.25, 0.3) is 0 Å². The van der Waals surface area contributed by atoms with Crippen LogP contribution >= 0.6 is 0 Å². The predicted octanol–water partition coefficient (Wildman–Crippen LogP) is 2.60. The van der Waals surface area contributed by atoms with Crippen molar-refractivity contribution in [3.63, 3.8) is 0 Å². The zero-order valence-corrected chi connectivity index (χ0v) is 12.7. The van der Waals surface area contributed by atoms with Crippen molar-refractivity contribution in [1.29, 1.82) is 0 Å². The predicted molar refractivity (Wildman–Crippen MR) is 81.1 cm³/mol. The highest BCUT2D eigenvalue weighted by molar-refractivity contribution is 6.90. The van der Waals surface area contributed by atoms with Gasteiger partial charge >= 0.3 is 0 Å². The van der Waals surface area contributed by atoms with Gasteiger partial charge in [0.05, 0.1) is 5.73 Å². The van der Waals surface area contributed by atoms with Crippen molar-refractivity contribution in [1.82, 2.24) is 0 Å². The lowest BCUT2D eigenvalue weighted by Gasteiger charge is -2.29. The molecule has 2 aromatic carbocycles. The number of aliphatic hydroxyl groups excluding tert-OH is 1. The molecular weight excluding hydrogens is 268 g/mol. The number of benzene rings is 2. The van der Waals surface area contributed by atoms with Crippen LogP contribution in [0.5, 0.6) is 11.5 Å². The highest BCUT2D eigenvalue weighted by Gasteiger charge is 2.34. The molecule has 1 aliphatic rings. The van der Waals surface area contributed by atoms with E-state index >= 15 is 0 Å².